The summed E-state index contributed by atoms with van der Waals surface area (Å²) in [6, 6.07) is 9.48. The smallest absolute Gasteiger partial charge is 0.340 e. The summed E-state index contributed by atoms with van der Waals surface area (Å²) < 4.78 is 30.0. The van der Waals surface area contributed by atoms with Crippen LogP contribution in [0.2, 0.25) is 5.15 Å². The molecule has 1 N–H and O–H groups in total. The van der Waals surface area contributed by atoms with Crippen LogP contribution in [-0.4, -0.2) is 25.6 Å². The number of anilines is 1. The maximum atomic E-state index is 12.1. The molecule has 2 aromatic rings. The predicted octanol–water partition coefficient (Wildman–Crippen LogP) is 2.46. The minimum atomic E-state index is -3.49. The van der Waals surface area contributed by atoms with Crippen LogP contribution < -0.4 is 4.72 Å². The lowest BCUT2D eigenvalue weighted by molar-refractivity contribution is 0.0473. The first-order valence-electron chi connectivity index (χ1n) is 6.19. The van der Waals surface area contributed by atoms with Crippen molar-refractivity contribution in [3.63, 3.8) is 0 Å². The van der Waals surface area contributed by atoms with Crippen LogP contribution in [0.15, 0.2) is 42.6 Å². The van der Waals surface area contributed by atoms with E-state index in [2.05, 4.69) is 9.71 Å². The van der Waals surface area contributed by atoms with Crippen molar-refractivity contribution < 1.29 is 17.9 Å². The van der Waals surface area contributed by atoms with Crippen molar-refractivity contribution in [2.24, 2.45) is 0 Å². The Morgan fingerprint density at radius 1 is 1.27 bits per heavy atom. The topological polar surface area (TPSA) is 85.4 Å². The Kier molecular flexibility index (Phi) is 4.99. The number of sulfonamides is 1. The molecule has 0 aliphatic carbocycles. The van der Waals surface area contributed by atoms with Crippen LogP contribution in [0.25, 0.3) is 0 Å². The number of rotatable bonds is 5. The number of nitrogens with one attached hydrogen (secondary N) is 1. The zero-order valence-electron chi connectivity index (χ0n) is 11.6. The lowest BCUT2D eigenvalue weighted by Gasteiger charge is -2.10. The molecule has 22 heavy (non-hydrogen) atoms. The first-order valence-corrected chi connectivity index (χ1v) is 8.46. The van der Waals surface area contributed by atoms with Gasteiger partial charge in [0.15, 0.2) is 0 Å². The molecule has 2 rings (SSSR count). The van der Waals surface area contributed by atoms with Gasteiger partial charge in [0.25, 0.3) is 0 Å². The van der Waals surface area contributed by atoms with Crippen LogP contribution in [0.1, 0.15) is 15.9 Å². The van der Waals surface area contributed by atoms with E-state index >= 15 is 0 Å². The summed E-state index contributed by atoms with van der Waals surface area (Å²) in [5.74, 6) is -0.637. The van der Waals surface area contributed by atoms with E-state index in [1.165, 1.54) is 18.3 Å². The fourth-order valence-electron chi connectivity index (χ4n) is 1.67. The number of para-hydroxylation sites is 1. The van der Waals surface area contributed by atoms with Gasteiger partial charge in [-0.25, -0.2) is 18.2 Å². The largest absolute Gasteiger partial charge is 0.457 e. The lowest BCUT2D eigenvalue weighted by atomic mass is 10.2. The van der Waals surface area contributed by atoms with Gasteiger partial charge in [-0.2, -0.15) is 0 Å². The molecule has 0 bridgehead atoms. The van der Waals surface area contributed by atoms with Gasteiger partial charge in [0.2, 0.25) is 10.0 Å². The quantitative estimate of drug-likeness (QED) is 0.667. The fourth-order valence-corrected chi connectivity index (χ4v) is 2.36. The van der Waals surface area contributed by atoms with Gasteiger partial charge in [-0.05, 0) is 18.2 Å². The molecule has 8 heteroatoms. The highest BCUT2D eigenvalue weighted by molar-refractivity contribution is 7.92. The highest BCUT2D eigenvalue weighted by Crippen LogP contribution is 2.18. The van der Waals surface area contributed by atoms with Gasteiger partial charge in [0.05, 0.1) is 17.5 Å². The molecule has 0 aliphatic heterocycles. The summed E-state index contributed by atoms with van der Waals surface area (Å²) in [4.78, 5) is 16.0. The molecule has 0 amide bonds. The standard InChI is InChI=1S/C14H13ClN2O4S/c1-22(19,20)17-12-5-3-2-4-11(12)14(18)21-9-10-6-7-13(15)16-8-10/h2-8,17H,9H2,1H3. The Morgan fingerprint density at radius 3 is 2.64 bits per heavy atom. The van der Waals surface area contributed by atoms with Gasteiger partial charge < -0.3 is 4.74 Å². The molecule has 0 saturated heterocycles. The number of hydrogen-bond acceptors (Lipinski definition) is 5. The molecule has 1 heterocycles. The summed E-state index contributed by atoms with van der Waals surface area (Å²) in [6.45, 7) is 0.0101. The summed E-state index contributed by atoms with van der Waals surface area (Å²) >= 11 is 5.67. The molecule has 0 spiro atoms. The Morgan fingerprint density at radius 2 is 2.00 bits per heavy atom. The second kappa shape index (κ2) is 6.76. The second-order valence-electron chi connectivity index (χ2n) is 4.49. The van der Waals surface area contributed by atoms with E-state index in [1.54, 1.807) is 24.3 Å². The van der Waals surface area contributed by atoms with Crippen LogP contribution in [-0.2, 0) is 21.4 Å². The van der Waals surface area contributed by atoms with Crippen molar-refractivity contribution in [2.75, 3.05) is 11.0 Å². The van der Waals surface area contributed by atoms with E-state index in [-0.39, 0.29) is 17.9 Å². The summed E-state index contributed by atoms with van der Waals surface area (Å²) in [7, 11) is -3.49. The number of carbonyl (C=O) groups is 1. The number of esters is 1. The molecule has 1 aromatic heterocycles. The molecule has 0 fully saturated rings. The molecule has 6 nitrogen and oxygen atoms in total. The summed E-state index contributed by atoms with van der Waals surface area (Å²) in [6.07, 6.45) is 2.50. The van der Waals surface area contributed by atoms with Gasteiger partial charge >= 0.3 is 5.97 Å². The van der Waals surface area contributed by atoms with Crippen molar-refractivity contribution in [3.8, 4) is 0 Å². The lowest BCUT2D eigenvalue weighted by Crippen LogP contribution is -2.14. The Balaban J connectivity index is 2.11. The van der Waals surface area contributed by atoms with Crippen molar-refractivity contribution in [3.05, 3.63) is 58.9 Å². The van der Waals surface area contributed by atoms with E-state index < -0.39 is 16.0 Å². The molecular weight excluding hydrogens is 328 g/mol. The molecule has 116 valence electrons. The van der Waals surface area contributed by atoms with Crippen molar-refractivity contribution in [1.82, 2.24) is 4.98 Å². The Labute approximate surface area is 133 Å². The molecule has 0 aliphatic rings. The van der Waals surface area contributed by atoms with Crippen LogP contribution in [0.5, 0.6) is 0 Å². The number of carbonyl (C=O) groups excluding carboxylic acids is 1. The average Bonchev–Trinajstić information content (AvgIpc) is 2.45. The SMILES string of the molecule is CS(=O)(=O)Nc1ccccc1C(=O)OCc1ccc(Cl)nc1. The normalized spacial score (nSPS) is 11.0. The van der Waals surface area contributed by atoms with Crippen molar-refractivity contribution in [2.45, 2.75) is 6.61 Å². The fraction of sp³-hybridized carbons (Fsp3) is 0.143. The van der Waals surface area contributed by atoms with Gasteiger partial charge in [-0.3, -0.25) is 4.72 Å². The monoisotopic (exact) mass is 340 g/mol. The van der Waals surface area contributed by atoms with E-state index in [0.29, 0.717) is 10.7 Å². The zero-order valence-corrected chi connectivity index (χ0v) is 13.2. The maximum absolute atomic E-state index is 12.1. The third-order valence-electron chi connectivity index (χ3n) is 2.60. The number of ether oxygens (including phenoxy) is 1. The Bertz CT molecular complexity index is 776. The van der Waals surface area contributed by atoms with Crippen molar-refractivity contribution in [1.29, 1.82) is 0 Å². The van der Waals surface area contributed by atoms with Crippen LogP contribution in [0, 0.1) is 0 Å². The zero-order chi connectivity index (χ0) is 16.2. The third-order valence-corrected chi connectivity index (χ3v) is 3.42. The van der Waals surface area contributed by atoms with E-state index in [9.17, 15) is 13.2 Å². The van der Waals surface area contributed by atoms with E-state index in [0.717, 1.165) is 6.26 Å². The van der Waals surface area contributed by atoms with Gasteiger partial charge in [0.1, 0.15) is 11.8 Å². The molecule has 0 atom stereocenters. The number of halogens is 1. The third kappa shape index (κ3) is 4.71. The number of hydrogen-bond donors (Lipinski definition) is 1. The number of pyridine rings is 1. The van der Waals surface area contributed by atoms with Gasteiger partial charge in [-0.15, -0.1) is 0 Å². The molecule has 0 unspecified atom stereocenters. The van der Waals surface area contributed by atoms with Gasteiger partial charge in [-0.1, -0.05) is 29.8 Å². The van der Waals surface area contributed by atoms with Crippen molar-refractivity contribution >= 4 is 33.3 Å². The van der Waals surface area contributed by atoms with E-state index in [4.69, 9.17) is 16.3 Å². The number of aromatic nitrogens is 1. The maximum Gasteiger partial charge on any atom is 0.340 e. The first kappa shape index (κ1) is 16.3. The Hall–Kier alpha value is -2.12. The summed E-state index contributed by atoms with van der Waals surface area (Å²) in [5.41, 5.74) is 0.977. The number of nitrogens with zero attached hydrogens (tertiary/aromatic N) is 1. The minimum Gasteiger partial charge on any atom is -0.457 e. The van der Waals surface area contributed by atoms with Gasteiger partial charge in [0, 0.05) is 11.8 Å². The molecule has 0 radical (unpaired) electrons. The number of benzene rings is 1. The highest BCUT2D eigenvalue weighted by Gasteiger charge is 2.15. The summed E-state index contributed by atoms with van der Waals surface area (Å²) in [5, 5.41) is 0.345. The molecule has 0 saturated carbocycles. The molecular formula is C14H13ClN2O4S. The first-order chi connectivity index (χ1) is 10.3. The van der Waals surface area contributed by atoms with E-state index in [1.807, 2.05) is 0 Å². The minimum absolute atomic E-state index is 0.0101. The van der Waals surface area contributed by atoms with Crippen LogP contribution in [0.3, 0.4) is 0 Å². The van der Waals surface area contributed by atoms with Crippen LogP contribution >= 0.6 is 11.6 Å². The molecule has 1 aromatic carbocycles. The highest BCUT2D eigenvalue weighted by atomic mass is 35.5. The second-order valence-corrected chi connectivity index (χ2v) is 6.62. The average molecular weight is 341 g/mol. The van der Waals surface area contributed by atoms with Crippen LogP contribution in [0.4, 0.5) is 5.69 Å². The predicted molar refractivity (Wildman–Crippen MR) is 83.3 cm³/mol.